The van der Waals surface area contributed by atoms with Gasteiger partial charge in [0.15, 0.2) is 0 Å². The summed E-state index contributed by atoms with van der Waals surface area (Å²) in [6.07, 6.45) is 5.00. The van der Waals surface area contributed by atoms with E-state index < -0.39 is 0 Å². The molecule has 3 rings (SSSR count). The molecule has 0 unspecified atom stereocenters. The molecule has 108 valence electrons. The van der Waals surface area contributed by atoms with Crippen molar-refractivity contribution in [2.45, 2.75) is 32.1 Å². The molecule has 2 aliphatic rings. The average Bonchev–Trinajstić information content (AvgIpc) is 2.45. The molecule has 1 aromatic carbocycles. The lowest BCUT2D eigenvalue weighted by Crippen LogP contribution is -2.53. The minimum absolute atomic E-state index is 0.220. The number of aryl methyl sites for hydroxylation is 1. The highest BCUT2D eigenvalue weighted by atomic mass is 16.5. The van der Waals surface area contributed by atoms with Gasteiger partial charge in [0.05, 0.1) is 12.5 Å². The first-order valence-electron chi connectivity index (χ1n) is 7.39. The number of ether oxygens (including phenoxy) is 1. The Kier molecular flexibility index (Phi) is 3.42. The van der Waals surface area contributed by atoms with Gasteiger partial charge in [-0.2, -0.15) is 0 Å². The van der Waals surface area contributed by atoms with E-state index in [1.165, 1.54) is 5.56 Å². The number of benzene rings is 1. The molecule has 0 radical (unpaired) electrons. The van der Waals surface area contributed by atoms with Crippen LogP contribution in [0.5, 0.6) is 5.75 Å². The van der Waals surface area contributed by atoms with Gasteiger partial charge in [-0.15, -0.1) is 0 Å². The van der Waals surface area contributed by atoms with Crippen LogP contribution in [0.3, 0.4) is 0 Å². The lowest BCUT2D eigenvalue weighted by atomic mass is 9.67. The van der Waals surface area contributed by atoms with Crippen molar-refractivity contribution >= 4 is 11.6 Å². The molecule has 20 heavy (non-hydrogen) atoms. The number of rotatable bonds is 3. The molecular formula is C16H22N2O2. The van der Waals surface area contributed by atoms with Gasteiger partial charge >= 0.3 is 0 Å². The van der Waals surface area contributed by atoms with Crippen molar-refractivity contribution in [2.24, 2.45) is 11.1 Å². The zero-order chi connectivity index (χ0) is 14.2. The van der Waals surface area contributed by atoms with Crippen LogP contribution in [-0.2, 0) is 11.2 Å². The van der Waals surface area contributed by atoms with Crippen molar-refractivity contribution in [3.05, 3.63) is 23.8 Å². The summed E-state index contributed by atoms with van der Waals surface area (Å²) in [7, 11) is 1.67. The number of fused-ring (bicyclic) bond motifs is 1. The Labute approximate surface area is 119 Å². The van der Waals surface area contributed by atoms with E-state index in [1.807, 2.05) is 23.1 Å². The van der Waals surface area contributed by atoms with Crippen LogP contribution in [0, 0.1) is 5.41 Å². The van der Waals surface area contributed by atoms with Gasteiger partial charge in [-0.25, -0.2) is 0 Å². The summed E-state index contributed by atoms with van der Waals surface area (Å²) in [6, 6.07) is 5.99. The van der Waals surface area contributed by atoms with E-state index in [0.717, 1.165) is 50.1 Å². The van der Waals surface area contributed by atoms with E-state index in [9.17, 15) is 4.79 Å². The Balaban J connectivity index is 1.91. The highest BCUT2D eigenvalue weighted by Crippen LogP contribution is 2.43. The number of carbonyl (C=O) groups excluding carboxylic acids is 1. The van der Waals surface area contributed by atoms with E-state index >= 15 is 0 Å². The van der Waals surface area contributed by atoms with Crippen LogP contribution < -0.4 is 15.4 Å². The number of anilines is 1. The first kappa shape index (κ1) is 13.4. The number of amides is 1. The van der Waals surface area contributed by atoms with E-state index in [2.05, 4.69) is 0 Å². The van der Waals surface area contributed by atoms with Crippen molar-refractivity contribution in [1.82, 2.24) is 0 Å². The number of hydrogen-bond acceptors (Lipinski definition) is 3. The molecule has 1 aliphatic carbocycles. The van der Waals surface area contributed by atoms with Crippen LogP contribution in [0.25, 0.3) is 0 Å². The first-order chi connectivity index (χ1) is 9.70. The average molecular weight is 274 g/mol. The van der Waals surface area contributed by atoms with Crippen molar-refractivity contribution < 1.29 is 9.53 Å². The Morgan fingerprint density at radius 3 is 2.80 bits per heavy atom. The van der Waals surface area contributed by atoms with Crippen molar-refractivity contribution in [1.29, 1.82) is 0 Å². The summed E-state index contributed by atoms with van der Waals surface area (Å²) in [5, 5.41) is 0. The molecule has 4 nitrogen and oxygen atoms in total. The van der Waals surface area contributed by atoms with Gasteiger partial charge < -0.3 is 15.4 Å². The predicted molar refractivity (Wildman–Crippen MR) is 79.0 cm³/mol. The summed E-state index contributed by atoms with van der Waals surface area (Å²) < 4.78 is 5.27. The quantitative estimate of drug-likeness (QED) is 0.918. The topological polar surface area (TPSA) is 55.6 Å². The maximum atomic E-state index is 12.9. The fourth-order valence-electron chi connectivity index (χ4n) is 3.31. The number of hydrogen-bond donors (Lipinski definition) is 1. The van der Waals surface area contributed by atoms with Crippen LogP contribution >= 0.6 is 0 Å². The van der Waals surface area contributed by atoms with Gasteiger partial charge in [-0.3, -0.25) is 4.79 Å². The van der Waals surface area contributed by atoms with Gasteiger partial charge in [-0.1, -0.05) is 6.42 Å². The second-order valence-electron chi connectivity index (χ2n) is 5.89. The third-order valence-electron chi connectivity index (χ3n) is 4.81. The van der Waals surface area contributed by atoms with E-state index in [-0.39, 0.29) is 11.3 Å². The highest BCUT2D eigenvalue weighted by molar-refractivity contribution is 5.99. The molecule has 4 heteroatoms. The lowest BCUT2D eigenvalue weighted by Gasteiger charge is -2.44. The molecular weight excluding hydrogens is 252 g/mol. The first-order valence-corrected chi connectivity index (χ1v) is 7.39. The summed E-state index contributed by atoms with van der Waals surface area (Å²) in [6.45, 7) is 1.27. The standard InChI is InChI=1S/C16H22N2O2/c1-20-13-5-6-14-12(10-13)4-2-9-18(14)15(19)16(11-17)7-3-8-16/h5-6,10H,2-4,7-9,11,17H2,1H3. The normalized spacial score (nSPS) is 20.0. The molecule has 0 aromatic heterocycles. The fraction of sp³-hybridized carbons (Fsp3) is 0.562. The van der Waals surface area contributed by atoms with E-state index in [0.29, 0.717) is 6.54 Å². The molecule has 0 spiro atoms. The molecule has 2 N–H and O–H groups in total. The largest absolute Gasteiger partial charge is 0.497 e. The second-order valence-corrected chi connectivity index (χ2v) is 5.89. The van der Waals surface area contributed by atoms with Crippen LogP contribution in [0.1, 0.15) is 31.2 Å². The Bertz CT molecular complexity index is 518. The summed E-state index contributed by atoms with van der Waals surface area (Å²) in [5.41, 5.74) is 7.82. The van der Waals surface area contributed by atoms with Crippen LogP contribution in [0.4, 0.5) is 5.69 Å². The Morgan fingerprint density at radius 2 is 2.20 bits per heavy atom. The Hall–Kier alpha value is -1.55. The molecule has 1 saturated carbocycles. The number of nitrogens with two attached hydrogens (primary N) is 1. The van der Waals surface area contributed by atoms with Crippen LogP contribution in [-0.4, -0.2) is 26.1 Å². The van der Waals surface area contributed by atoms with Gasteiger partial charge in [0.25, 0.3) is 0 Å². The molecule has 0 atom stereocenters. The molecule has 0 saturated heterocycles. The van der Waals surface area contributed by atoms with Crippen LogP contribution in [0.15, 0.2) is 18.2 Å². The van der Waals surface area contributed by atoms with Gasteiger partial charge in [0.2, 0.25) is 5.91 Å². The minimum Gasteiger partial charge on any atom is -0.497 e. The highest BCUT2D eigenvalue weighted by Gasteiger charge is 2.46. The number of carbonyl (C=O) groups is 1. The molecule has 1 fully saturated rings. The SMILES string of the molecule is COc1ccc2c(c1)CCCN2C(=O)C1(CN)CCC1. The zero-order valence-corrected chi connectivity index (χ0v) is 12.0. The third-order valence-corrected chi connectivity index (χ3v) is 4.81. The van der Waals surface area contributed by atoms with Crippen molar-refractivity contribution in [3.8, 4) is 5.75 Å². The summed E-state index contributed by atoms with van der Waals surface area (Å²) in [4.78, 5) is 14.8. The Morgan fingerprint density at radius 1 is 1.40 bits per heavy atom. The van der Waals surface area contributed by atoms with E-state index in [1.54, 1.807) is 7.11 Å². The summed E-state index contributed by atoms with van der Waals surface area (Å²) in [5.74, 6) is 1.08. The zero-order valence-electron chi connectivity index (χ0n) is 12.0. The second kappa shape index (κ2) is 5.09. The molecule has 1 aromatic rings. The number of nitrogens with zero attached hydrogens (tertiary/aromatic N) is 1. The van der Waals surface area contributed by atoms with Gasteiger partial charge in [0.1, 0.15) is 5.75 Å². The smallest absolute Gasteiger partial charge is 0.234 e. The molecule has 0 bridgehead atoms. The van der Waals surface area contributed by atoms with Gasteiger partial charge in [0, 0.05) is 18.8 Å². The maximum Gasteiger partial charge on any atom is 0.234 e. The molecule has 1 aliphatic heterocycles. The fourth-order valence-corrected chi connectivity index (χ4v) is 3.31. The maximum absolute atomic E-state index is 12.9. The third kappa shape index (κ3) is 1.99. The van der Waals surface area contributed by atoms with Crippen molar-refractivity contribution in [2.75, 3.05) is 25.1 Å². The minimum atomic E-state index is -0.297. The van der Waals surface area contributed by atoms with Gasteiger partial charge in [-0.05, 0) is 49.4 Å². The molecule has 1 heterocycles. The predicted octanol–water partition coefficient (Wildman–Crippen LogP) is 2.10. The van der Waals surface area contributed by atoms with Crippen LogP contribution in [0.2, 0.25) is 0 Å². The monoisotopic (exact) mass is 274 g/mol. The van der Waals surface area contributed by atoms with E-state index in [4.69, 9.17) is 10.5 Å². The lowest BCUT2D eigenvalue weighted by molar-refractivity contribution is -0.132. The summed E-state index contributed by atoms with van der Waals surface area (Å²) >= 11 is 0. The number of methoxy groups -OCH3 is 1. The van der Waals surface area contributed by atoms with Crippen molar-refractivity contribution in [3.63, 3.8) is 0 Å². The molecule has 1 amide bonds.